The van der Waals surface area contributed by atoms with Crippen LogP contribution in [0.1, 0.15) is 52.0 Å². The first kappa shape index (κ1) is 22.2. The molecule has 0 bridgehead atoms. The largest absolute Gasteiger partial charge is 0.455 e. The topological polar surface area (TPSA) is 75.7 Å². The number of hydrogen-bond donors (Lipinski definition) is 1. The Bertz CT molecular complexity index is 719. The maximum absolute atomic E-state index is 12.9. The lowest BCUT2D eigenvalue weighted by Gasteiger charge is -2.28. The highest BCUT2D eigenvalue weighted by Crippen LogP contribution is 2.42. The Hall–Kier alpha value is -2.08. The van der Waals surface area contributed by atoms with Gasteiger partial charge in [0.05, 0.1) is 12.0 Å². The Balaban J connectivity index is 1.96. The monoisotopic (exact) mass is 408 g/mol. The Morgan fingerprint density at radius 1 is 1.14 bits per heavy atom. The highest BCUT2D eigenvalue weighted by molar-refractivity contribution is 6.30. The van der Waals surface area contributed by atoms with Gasteiger partial charge in [0, 0.05) is 17.6 Å². The van der Waals surface area contributed by atoms with E-state index in [4.69, 9.17) is 16.3 Å². The van der Waals surface area contributed by atoms with Gasteiger partial charge in [0.15, 0.2) is 6.61 Å². The van der Waals surface area contributed by atoms with Gasteiger partial charge in [-0.05, 0) is 51.3 Å². The van der Waals surface area contributed by atoms with Gasteiger partial charge < -0.3 is 15.0 Å². The number of amides is 2. The van der Waals surface area contributed by atoms with Crippen LogP contribution in [0, 0.1) is 0 Å². The molecule has 6 nitrogen and oxygen atoms in total. The van der Waals surface area contributed by atoms with Gasteiger partial charge in [-0.15, -0.1) is 0 Å². The lowest BCUT2D eigenvalue weighted by Crippen LogP contribution is -2.47. The molecule has 1 fully saturated rings. The number of carbonyl (C=O) groups excluding carboxylic acids is 3. The second kappa shape index (κ2) is 8.95. The summed E-state index contributed by atoms with van der Waals surface area (Å²) in [7, 11) is 1.52. The standard InChI is InChI=1S/C21H29ClN2O4/c1-20(2,3)23-17(25)13-24(4)18(26)14-28-19(27)21(11-5-6-12-21)15-7-9-16(22)10-8-15/h7-10H,5-6,11-14H2,1-4H3,(H,23,25). The number of ether oxygens (including phenoxy) is 1. The number of nitrogens with zero attached hydrogens (tertiary/aromatic N) is 1. The quantitative estimate of drug-likeness (QED) is 0.734. The minimum atomic E-state index is -0.729. The molecule has 7 heteroatoms. The highest BCUT2D eigenvalue weighted by Gasteiger charge is 2.44. The van der Waals surface area contributed by atoms with Crippen LogP contribution in [0.15, 0.2) is 24.3 Å². The van der Waals surface area contributed by atoms with Gasteiger partial charge in [0.25, 0.3) is 5.91 Å². The lowest BCUT2D eigenvalue weighted by molar-refractivity contribution is -0.157. The molecule has 154 valence electrons. The fourth-order valence-corrected chi connectivity index (χ4v) is 3.62. The molecule has 0 saturated heterocycles. The van der Waals surface area contributed by atoms with Crippen molar-refractivity contribution in [1.82, 2.24) is 10.2 Å². The average Bonchev–Trinajstić information content (AvgIpc) is 3.09. The number of likely N-dealkylation sites (N-methyl/N-ethyl adjacent to an activating group) is 1. The molecule has 28 heavy (non-hydrogen) atoms. The molecule has 1 aliphatic rings. The smallest absolute Gasteiger partial charge is 0.317 e. The molecule has 1 aromatic carbocycles. The minimum absolute atomic E-state index is 0.0873. The van der Waals surface area contributed by atoms with Crippen molar-refractivity contribution < 1.29 is 19.1 Å². The zero-order valence-electron chi connectivity index (χ0n) is 17.0. The van der Waals surface area contributed by atoms with E-state index in [-0.39, 0.29) is 24.6 Å². The number of esters is 1. The van der Waals surface area contributed by atoms with E-state index in [1.165, 1.54) is 11.9 Å². The van der Waals surface area contributed by atoms with Crippen LogP contribution >= 0.6 is 11.6 Å². The molecule has 2 amide bonds. The number of benzene rings is 1. The summed E-state index contributed by atoms with van der Waals surface area (Å²) >= 11 is 5.96. The van der Waals surface area contributed by atoms with Gasteiger partial charge in [-0.2, -0.15) is 0 Å². The zero-order chi connectivity index (χ0) is 20.9. The molecule has 0 unspecified atom stereocenters. The summed E-state index contributed by atoms with van der Waals surface area (Å²) < 4.78 is 5.38. The fourth-order valence-electron chi connectivity index (χ4n) is 3.50. The fraction of sp³-hybridized carbons (Fsp3) is 0.571. The van der Waals surface area contributed by atoms with E-state index in [0.29, 0.717) is 17.9 Å². The first-order valence-electron chi connectivity index (χ1n) is 9.52. The third kappa shape index (κ3) is 5.71. The molecule has 1 aromatic rings. The summed E-state index contributed by atoms with van der Waals surface area (Å²) in [6.45, 7) is 5.13. The van der Waals surface area contributed by atoms with E-state index in [9.17, 15) is 14.4 Å². The van der Waals surface area contributed by atoms with Crippen molar-refractivity contribution in [2.45, 2.75) is 57.4 Å². The number of nitrogens with one attached hydrogen (secondary N) is 1. The van der Waals surface area contributed by atoms with Gasteiger partial charge >= 0.3 is 5.97 Å². The molecule has 0 heterocycles. The maximum atomic E-state index is 12.9. The first-order valence-corrected chi connectivity index (χ1v) is 9.89. The van der Waals surface area contributed by atoms with E-state index >= 15 is 0 Å². The van der Waals surface area contributed by atoms with Crippen LogP contribution in [0.3, 0.4) is 0 Å². The molecular formula is C21H29ClN2O4. The lowest BCUT2D eigenvalue weighted by atomic mass is 9.79. The highest BCUT2D eigenvalue weighted by atomic mass is 35.5. The van der Waals surface area contributed by atoms with Crippen molar-refractivity contribution in [1.29, 1.82) is 0 Å². The third-order valence-corrected chi connectivity index (χ3v) is 5.14. The number of halogens is 1. The van der Waals surface area contributed by atoms with E-state index in [2.05, 4.69) is 5.32 Å². The molecule has 1 saturated carbocycles. The summed E-state index contributed by atoms with van der Waals surface area (Å²) in [5.41, 5.74) is -0.238. The predicted octanol–water partition coefficient (Wildman–Crippen LogP) is 3.07. The minimum Gasteiger partial charge on any atom is -0.455 e. The van der Waals surface area contributed by atoms with Crippen LogP contribution in [0.2, 0.25) is 5.02 Å². The SMILES string of the molecule is CN(CC(=O)NC(C)(C)C)C(=O)COC(=O)C1(c2ccc(Cl)cc2)CCCC1. The number of hydrogen-bond acceptors (Lipinski definition) is 4. The molecule has 1 N–H and O–H groups in total. The van der Waals surface area contributed by atoms with E-state index in [1.54, 1.807) is 12.1 Å². The maximum Gasteiger partial charge on any atom is 0.317 e. The second-order valence-electron chi connectivity index (χ2n) is 8.42. The van der Waals surface area contributed by atoms with E-state index in [1.807, 2.05) is 32.9 Å². The molecule has 2 rings (SSSR count). The molecule has 0 atom stereocenters. The molecule has 0 aliphatic heterocycles. The molecule has 0 radical (unpaired) electrons. The molecule has 0 aromatic heterocycles. The zero-order valence-corrected chi connectivity index (χ0v) is 17.8. The number of rotatable bonds is 6. The summed E-state index contributed by atoms with van der Waals surface area (Å²) in [5, 5.41) is 3.40. The van der Waals surface area contributed by atoms with Gasteiger partial charge in [0.1, 0.15) is 0 Å². The molecule has 0 spiro atoms. The van der Waals surface area contributed by atoms with Crippen LogP contribution in [0.25, 0.3) is 0 Å². The van der Waals surface area contributed by atoms with E-state index in [0.717, 1.165) is 18.4 Å². The van der Waals surface area contributed by atoms with E-state index < -0.39 is 17.3 Å². The average molecular weight is 409 g/mol. The number of carbonyl (C=O) groups is 3. The predicted molar refractivity (Wildman–Crippen MR) is 108 cm³/mol. The normalized spacial score (nSPS) is 15.8. The van der Waals surface area contributed by atoms with Crippen molar-refractivity contribution in [2.75, 3.05) is 20.2 Å². The van der Waals surface area contributed by atoms with Crippen LogP contribution in [-0.2, 0) is 24.5 Å². The van der Waals surface area contributed by atoms with Crippen LogP contribution in [0.5, 0.6) is 0 Å². The van der Waals surface area contributed by atoms with Gasteiger partial charge in [-0.3, -0.25) is 14.4 Å². The van der Waals surface area contributed by atoms with Crippen molar-refractivity contribution >= 4 is 29.4 Å². The summed E-state index contributed by atoms with van der Waals surface area (Å²) in [5.74, 6) is -1.07. The summed E-state index contributed by atoms with van der Waals surface area (Å²) in [4.78, 5) is 38.4. The van der Waals surface area contributed by atoms with Crippen molar-refractivity contribution in [2.24, 2.45) is 0 Å². The van der Waals surface area contributed by atoms with Crippen LogP contribution in [-0.4, -0.2) is 48.4 Å². The first-order chi connectivity index (χ1) is 13.0. The van der Waals surface area contributed by atoms with Crippen LogP contribution in [0.4, 0.5) is 0 Å². The van der Waals surface area contributed by atoms with Gasteiger partial charge in [0.2, 0.25) is 5.91 Å². The van der Waals surface area contributed by atoms with Gasteiger partial charge in [-0.25, -0.2) is 0 Å². The van der Waals surface area contributed by atoms with Crippen molar-refractivity contribution in [3.05, 3.63) is 34.9 Å². The van der Waals surface area contributed by atoms with Crippen molar-refractivity contribution in [3.63, 3.8) is 0 Å². The Kier molecular flexibility index (Phi) is 7.10. The Morgan fingerprint density at radius 3 is 2.25 bits per heavy atom. The van der Waals surface area contributed by atoms with Crippen molar-refractivity contribution in [3.8, 4) is 0 Å². The Labute approximate surface area is 171 Å². The molecule has 1 aliphatic carbocycles. The molecular weight excluding hydrogens is 380 g/mol. The van der Waals surface area contributed by atoms with Crippen LogP contribution < -0.4 is 5.32 Å². The second-order valence-corrected chi connectivity index (χ2v) is 8.86. The summed E-state index contributed by atoms with van der Waals surface area (Å²) in [6.07, 6.45) is 3.23. The Morgan fingerprint density at radius 2 is 1.71 bits per heavy atom. The summed E-state index contributed by atoms with van der Waals surface area (Å²) in [6, 6.07) is 7.22. The van der Waals surface area contributed by atoms with Gasteiger partial charge in [-0.1, -0.05) is 36.6 Å². The third-order valence-electron chi connectivity index (χ3n) is 4.89.